The van der Waals surface area contributed by atoms with Crippen LogP contribution in [0.25, 0.3) is 10.9 Å². The third-order valence-electron chi connectivity index (χ3n) is 3.88. The second-order valence-corrected chi connectivity index (χ2v) is 5.87. The molecule has 0 bridgehead atoms. The Labute approximate surface area is 136 Å². The highest BCUT2D eigenvalue weighted by Crippen LogP contribution is 2.19. The molecule has 23 heavy (non-hydrogen) atoms. The van der Waals surface area contributed by atoms with Crippen molar-refractivity contribution in [3.05, 3.63) is 65.4 Å². The number of nitrogens with one attached hydrogen (secondary N) is 2. The maximum atomic E-state index is 5.96. The predicted octanol–water partition coefficient (Wildman–Crippen LogP) is 3.75. The number of aromatic amines is 1. The first-order chi connectivity index (χ1) is 11.1. The van der Waals surface area contributed by atoms with E-state index in [2.05, 4.69) is 59.6 Å². The van der Waals surface area contributed by atoms with Crippen LogP contribution < -0.4 is 11.1 Å². The molecule has 4 N–H and O–H groups in total. The van der Waals surface area contributed by atoms with Crippen molar-refractivity contribution in [3.8, 4) is 0 Å². The number of H-pyrrole nitrogens is 1. The molecule has 0 radical (unpaired) electrons. The summed E-state index contributed by atoms with van der Waals surface area (Å²) >= 11 is 0. The van der Waals surface area contributed by atoms with Crippen molar-refractivity contribution in [1.29, 1.82) is 0 Å². The van der Waals surface area contributed by atoms with E-state index in [1.807, 2.05) is 18.2 Å². The molecule has 1 heterocycles. The number of aromatic nitrogens is 1. The Morgan fingerprint density at radius 1 is 1.13 bits per heavy atom. The van der Waals surface area contributed by atoms with Crippen LogP contribution in [0.1, 0.15) is 16.7 Å². The smallest absolute Gasteiger partial charge is 0.193 e. The molecule has 0 aliphatic heterocycles. The zero-order chi connectivity index (χ0) is 16.2. The van der Waals surface area contributed by atoms with Crippen LogP contribution in [0.3, 0.4) is 0 Å². The van der Waals surface area contributed by atoms with E-state index in [1.54, 1.807) is 0 Å². The van der Waals surface area contributed by atoms with Crippen molar-refractivity contribution >= 4 is 22.5 Å². The van der Waals surface area contributed by atoms with Gasteiger partial charge < -0.3 is 16.0 Å². The van der Waals surface area contributed by atoms with E-state index in [0.29, 0.717) is 12.5 Å². The number of guanidine groups is 1. The van der Waals surface area contributed by atoms with Gasteiger partial charge in [0.1, 0.15) is 0 Å². The number of fused-ring (bicyclic) bond motifs is 1. The van der Waals surface area contributed by atoms with Gasteiger partial charge >= 0.3 is 0 Å². The molecule has 2 aromatic carbocycles. The van der Waals surface area contributed by atoms with Crippen molar-refractivity contribution in [2.45, 2.75) is 20.3 Å². The van der Waals surface area contributed by atoms with Crippen LogP contribution in [0.15, 0.2) is 53.7 Å². The minimum Gasteiger partial charge on any atom is -0.370 e. The van der Waals surface area contributed by atoms with E-state index in [9.17, 15) is 0 Å². The van der Waals surface area contributed by atoms with E-state index >= 15 is 0 Å². The lowest BCUT2D eigenvalue weighted by Gasteiger charge is -2.06. The van der Waals surface area contributed by atoms with Crippen LogP contribution in [-0.4, -0.2) is 17.5 Å². The molecule has 0 saturated carbocycles. The lowest BCUT2D eigenvalue weighted by molar-refractivity contribution is 0.972. The maximum absolute atomic E-state index is 5.96. The van der Waals surface area contributed by atoms with Gasteiger partial charge in [0.2, 0.25) is 0 Å². The number of nitrogens with two attached hydrogens (primary N) is 1. The topological polar surface area (TPSA) is 66.2 Å². The van der Waals surface area contributed by atoms with Gasteiger partial charge in [0.25, 0.3) is 0 Å². The van der Waals surface area contributed by atoms with E-state index in [0.717, 1.165) is 12.1 Å². The normalized spacial score (nSPS) is 11.8. The van der Waals surface area contributed by atoms with Crippen molar-refractivity contribution in [3.63, 3.8) is 0 Å². The summed E-state index contributed by atoms with van der Waals surface area (Å²) in [5.41, 5.74) is 11.8. The molecule has 0 saturated heterocycles. The van der Waals surface area contributed by atoms with Gasteiger partial charge in [0.05, 0.1) is 0 Å². The summed E-state index contributed by atoms with van der Waals surface area (Å²) in [4.78, 5) is 7.74. The maximum Gasteiger partial charge on any atom is 0.193 e. The molecule has 0 amide bonds. The largest absolute Gasteiger partial charge is 0.370 e. The average molecular weight is 306 g/mol. The first-order valence-corrected chi connectivity index (χ1v) is 7.82. The predicted molar refractivity (Wildman–Crippen MR) is 98.0 cm³/mol. The van der Waals surface area contributed by atoms with Crippen LogP contribution in [-0.2, 0) is 6.42 Å². The Morgan fingerprint density at radius 2 is 1.96 bits per heavy atom. The van der Waals surface area contributed by atoms with Gasteiger partial charge in [-0.2, -0.15) is 0 Å². The summed E-state index contributed by atoms with van der Waals surface area (Å²) in [6.45, 7) is 4.81. The number of rotatable bonds is 4. The molecule has 0 unspecified atom stereocenters. The second-order valence-electron chi connectivity index (χ2n) is 5.87. The van der Waals surface area contributed by atoms with Crippen LogP contribution in [0, 0.1) is 13.8 Å². The van der Waals surface area contributed by atoms with Crippen LogP contribution >= 0.6 is 0 Å². The minimum absolute atomic E-state index is 0.450. The van der Waals surface area contributed by atoms with Crippen molar-refractivity contribution < 1.29 is 0 Å². The third-order valence-corrected chi connectivity index (χ3v) is 3.88. The monoisotopic (exact) mass is 306 g/mol. The fraction of sp³-hybridized carbons (Fsp3) is 0.211. The van der Waals surface area contributed by atoms with Gasteiger partial charge in [0.15, 0.2) is 5.96 Å². The standard InChI is InChI=1S/C19H22N4/c1-13-4-3-5-16(10-13)23-19(20)21-9-8-15-12-22-18-11-14(2)6-7-17(15)18/h3-7,10-12,22H,8-9H2,1-2H3,(H3,20,21,23). The summed E-state index contributed by atoms with van der Waals surface area (Å²) in [7, 11) is 0. The number of aryl methyl sites for hydroxylation is 2. The highest BCUT2D eigenvalue weighted by Gasteiger charge is 2.03. The molecular weight excluding hydrogens is 284 g/mol. The molecule has 118 valence electrons. The van der Waals surface area contributed by atoms with Crippen molar-refractivity contribution in [2.75, 3.05) is 11.9 Å². The number of aliphatic imine (C=N–C) groups is 1. The van der Waals surface area contributed by atoms with E-state index in [4.69, 9.17) is 5.73 Å². The summed E-state index contributed by atoms with van der Waals surface area (Å²) < 4.78 is 0. The van der Waals surface area contributed by atoms with Gasteiger partial charge in [-0.25, -0.2) is 0 Å². The van der Waals surface area contributed by atoms with E-state index in [1.165, 1.54) is 27.6 Å². The Bertz CT molecular complexity index is 845. The molecule has 0 aliphatic rings. The zero-order valence-electron chi connectivity index (χ0n) is 13.6. The second kappa shape index (κ2) is 6.57. The van der Waals surface area contributed by atoms with Gasteiger partial charge in [-0.05, 0) is 55.2 Å². The average Bonchev–Trinajstić information content (AvgIpc) is 2.89. The van der Waals surface area contributed by atoms with Gasteiger partial charge in [0, 0.05) is 29.3 Å². The van der Waals surface area contributed by atoms with Crippen molar-refractivity contribution in [2.24, 2.45) is 10.7 Å². The zero-order valence-corrected chi connectivity index (χ0v) is 13.6. The number of anilines is 1. The quantitative estimate of drug-likeness (QED) is 0.507. The van der Waals surface area contributed by atoms with Gasteiger partial charge in [-0.1, -0.05) is 24.3 Å². The fourth-order valence-electron chi connectivity index (χ4n) is 2.71. The molecule has 3 rings (SSSR count). The first-order valence-electron chi connectivity index (χ1n) is 7.82. The molecule has 4 heteroatoms. The van der Waals surface area contributed by atoms with Crippen LogP contribution in [0.5, 0.6) is 0 Å². The Hall–Kier alpha value is -2.75. The lowest BCUT2D eigenvalue weighted by atomic mass is 10.1. The SMILES string of the molecule is Cc1cccc(NC(N)=NCCc2c[nH]c3cc(C)ccc23)c1. The molecule has 4 nitrogen and oxygen atoms in total. The van der Waals surface area contributed by atoms with E-state index < -0.39 is 0 Å². The molecule has 0 aliphatic carbocycles. The summed E-state index contributed by atoms with van der Waals surface area (Å²) in [6.07, 6.45) is 2.92. The number of hydrogen-bond acceptors (Lipinski definition) is 1. The molecule has 1 aromatic heterocycles. The Balaban J connectivity index is 1.63. The highest BCUT2D eigenvalue weighted by atomic mass is 15.1. The summed E-state index contributed by atoms with van der Waals surface area (Å²) in [5, 5.41) is 4.39. The molecular formula is C19H22N4. The molecule has 0 fully saturated rings. The fourth-order valence-corrected chi connectivity index (χ4v) is 2.71. The lowest BCUT2D eigenvalue weighted by Crippen LogP contribution is -2.23. The molecule has 3 aromatic rings. The third kappa shape index (κ3) is 3.72. The van der Waals surface area contributed by atoms with Crippen LogP contribution in [0.2, 0.25) is 0 Å². The summed E-state index contributed by atoms with van der Waals surface area (Å²) in [6, 6.07) is 14.5. The number of nitrogens with zero attached hydrogens (tertiary/aromatic N) is 1. The molecule has 0 spiro atoms. The van der Waals surface area contributed by atoms with Gasteiger partial charge in [-0.15, -0.1) is 0 Å². The summed E-state index contributed by atoms with van der Waals surface area (Å²) in [5.74, 6) is 0.450. The molecule has 0 atom stereocenters. The Morgan fingerprint density at radius 3 is 2.78 bits per heavy atom. The van der Waals surface area contributed by atoms with Crippen molar-refractivity contribution in [1.82, 2.24) is 4.98 Å². The first kappa shape index (κ1) is 15.2. The number of benzene rings is 2. The van der Waals surface area contributed by atoms with E-state index in [-0.39, 0.29) is 0 Å². The Kier molecular flexibility index (Phi) is 4.33. The number of hydrogen-bond donors (Lipinski definition) is 3. The minimum atomic E-state index is 0.450. The van der Waals surface area contributed by atoms with Crippen LogP contribution in [0.4, 0.5) is 5.69 Å². The van der Waals surface area contributed by atoms with Gasteiger partial charge in [-0.3, -0.25) is 4.99 Å². The highest BCUT2D eigenvalue weighted by molar-refractivity contribution is 5.92.